The largest absolute Gasteiger partial charge is 0.473 e. The Balaban J connectivity index is 3.20. The van der Waals surface area contributed by atoms with Crippen molar-refractivity contribution in [3.05, 3.63) is 28.3 Å². The highest BCUT2D eigenvalue weighted by atomic mass is 31.0. The Bertz CT molecular complexity index is 317. The van der Waals surface area contributed by atoms with Gasteiger partial charge in [0.2, 0.25) is 11.2 Å². The lowest BCUT2D eigenvalue weighted by Crippen LogP contribution is -2.01. The maximum Gasteiger partial charge on any atom is 0.227 e. The molecular weight excluding hydrogens is 167 g/mol. The summed E-state index contributed by atoms with van der Waals surface area (Å²) in [5.41, 5.74) is -0.381. The van der Waals surface area contributed by atoms with Gasteiger partial charge < -0.3 is 8.94 Å². The lowest BCUT2D eigenvalue weighted by atomic mass is 10.4. The van der Waals surface area contributed by atoms with Crippen LogP contribution in [0.25, 0.3) is 0 Å². The monoisotopic (exact) mass is 172 g/mol. The quantitative estimate of drug-likeness (QED) is 0.484. The van der Waals surface area contributed by atoms with Crippen LogP contribution in [-0.4, -0.2) is 6.29 Å². The number of hydrogen-bond donors (Lipinski definition) is 0. The predicted molar refractivity (Wildman–Crippen MR) is 40.7 cm³/mol. The molecule has 1 atom stereocenters. The molecule has 0 radical (unpaired) electrons. The fourth-order valence-corrected chi connectivity index (χ4v) is 0.733. The van der Waals surface area contributed by atoms with Gasteiger partial charge >= 0.3 is 0 Å². The van der Waals surface area contributed by atoms with Crippen LogP contribution in [0, 0.1) is 0 Å². The molecule has 0 saturated heterocycles. The minimum Gasteiger partial charge on any atom is -0.473 e. The van der Waals surface area contributed by atoms with Crippen molar-refractivity contribution in [2.45, 2.75) is 0 Å². The molecule has 0 amide bonds. The van der Waals surface area contributed by atoms with Crippen molar-refractivity contribution in [3.63, 3.8) is 0 Å². The SMILES string of the molecule is O=Cc1cc(=O)c(OP)co1. The number of rotatable bonds is 2. The van der Waals surface area contributed by atoms with Crippen molar-refractivity contribution >= 4 is 15.8 Å². The Morgan fingerprint density at radius 2 is 2.36 bits per heavy atom. The zero-order valence-corrected chi connectivity index (χ0v) is 6.60. The number of carbonyl (C=O) groups excluding carboxylic acids is 1. The molecule has 4 nitrogen and oxygen atoms in total. The molecule has 0 aliphatic heterocycles. The van der Waals surface area contributed by atoms with Gasteiger partial charge in [-0.25, -0.2) is 0 Å². The highest BCUT2D eigenvalue weighted by Gasteiger charge is 2.00. The van der Waals surface area contributed by atoms with Gasteiger partial charge in [-0.2, -0.15) is 0 Å². The van der Waals surface area contributed by atoms with Gasteiger partial charge in [-0.05, 0) is 0 Å². The second-order valence-corrected chi connectivity index (χ2v) is 1.98. The molecule has 1 unspecified atom stereocenters. The van der Waals surface area contributed by atoms with Gasteiger partial charge in [-0.1, -0.05) is 0 Å². The third-order valence-corrected chi connectivity index (χ3v) is 1.32. The molecule has 0 fully saturated rings. The van der Waals surface area contributed by atoms with Crippen LogP contribution in [0.5, 0.6) is 5.75 Å². The van der Waals surface area contributed by atoms with Gasteiger partial charge in [0.15, 0.2) is 12.0 Å². The molecule has 0 aliphatic carbocycles. The minimum atomic E-state index is -0.381. The lowest BCUT2D eigenvalue weighted by Gasteiger charge is -1.94. The summed E-state index contributed by atoms with van der Waals surface area (Å²) in [7, 11) is 1.91. The van der Waals surface area contributed by atoms with E-state index in [9.17, 15) is 9.59 Å². The van der Waals surface area contributed by atoms with Gasteiger partial charge in [-0.3, -0.25) is 9.59 Å². The van der Waals surface area contributed by atoms with Crippen LogP contribution in [0.4, 0.5) is 0 Å². The number of carbonyl (C=O) groups is 1. The Hall–Kier alpha value is -1.15. The van der Waals surface area contributed by atoms with E-state index >= 15 is 0 Å². The van der Waals surface area contributed by atoms with E-state index in [-0.39, 0.29) is 16.9 Å². The fourth-order valence-electron chi connectivity index (χ4n) is 0.562. The Labute approximate surface area is 64.5 Å². The molecule has 0 aliphatic rings. The van der Waals surface area contributed by atoms with E-state index < -0.39 is 0 Å². The van der Waals surface area contributed by atoms with Crippen molar-refractivity contribution in [2.24, 2.45) is 0 Å². The summed E-state index contributed by atoms with van der Waals surface area (Å²) < 4.78 is 9.21. The Morgan fingerprint density at radius 3 is 2.82 bits per heavy atom. The van der Waals surface area contributed by atoms with E-state index in [1.807, 2.05) is 9.47 Å². The summed E-state index contributed by atoms with van der Waals surface area (Å²) in [6.45, 7) is 0. The standard InChI is InChI=1S/C6H5O4P/c7-2-4-1-5(8)6(10-11)3-9-4/h1-3H,11H2. The van der Waals surface area contributed by atoms with Crippen molar-refractivity contribution in [3.8, 4) is 5.75 Å². The molecule has 1 aromatic rings. The molecule has 0 aromatic carbocycles. The van der Waals surface area contributed by atoms with Gasteiger partial charge in [0.25, 0.3) is 0 Å². The second kappa shape index (κ2) is 3.30. The topological polar surface area (TPSA) is 56.5 Å². The van der Waals surface area contributed by atoms with Crippen LogP contribution in [-0.2, 0) is 0 Å². The van der Waals surface area contributed by atoms with Crippen molar-refractivity contribution < 1.29 is 13.7 Å². The third-order valence-electron chi connectivity index (χ3n) is 1.06. The summed E-state index contributed by atoms with van der Waals surface area (Å²) in [6, 6.07) is 1.06. The van der Waals surface area contributed by atoms with E-state index in [2.05, 4.69) is 8.94 Å². The lowest BCUT2D eigenvalue weighted by molar-refractivity contribution is 0.109. The number of aldehydes is 1. The third kappa shape index (κ3) is 1.65. The summed E-state index contributed by atoms with van der Waals surface area (Å²) >= 11 is 0. The van der Waals surface area contributed by atoms with Crippen molar-refractivity contribution in [1.82, 2.24) is 0 Å². The Kier molecular flexibility index (Phi) is 2.39. The molecule has 11 heavy (non-hydrogen) atoms. The first kappa shape index (κ1) is 7.95. The molecule has 0 N–H and O–H groups in total. The smallest absolute Gasteiger partial charge is 0.227 e. The molecule has 1 aromatic heterocycles. The zero-order valence-electron chi connectivity index (χ0n) is 5.44. The van der Waals surface area contributed by atoms with Gasteiger partial charge in [0, 0.05) is 6.07 Å². The summed E-state index contributed by atoms with van der Waals surface area (Å²) in [4.78, 5) is 21.0. The zero-order chi connectivity index (χ0) is 8.27. The van der Waals surface area contributed by atoms with Gasteiger partial charge in [-0.15, -0.1) is 0 Å². The van der Waals surface area contributed by atoms with Crippen LogP contribution < -0.4 is 9.95 Å². The highest BCUT2D eigenvalue weighted by Crippen LogP contribution is 2.06. The molecular formula is C6H5O4P. The second-order valence-electron chi connectivity index (χ2n) is 1.75. The van der Waals surface area contributed by atoms with Gasteiger partial charge in [0.05, 0.1) is 9.47 Å². The highest BCUT2D eigenvalue weighted by molar-refractivity contribution is 7.10. The van der Waals surface area contributed by atoms with E-state index in [0.29, 0.717) is 6.29 Å². The van der Waals surface area contributed by atoms with Gasteiger partial charge in [0.1, 0.15) is 6.26 Å². The fraction of sp³-hybridized carbons (Fsp3) is 0. The van der Waals surface area contributed by atoms with Crippen LogP contribution >= 0.6 is 9.47 Å². The average Bonchev–Trinajstić information content (AvgIpc) is 2.04. The first-order valence-corrected chi connectivity index (χ1v) is 3.20. The first-order chi connectivity index (χ1) is 5.27. The van der Waals surface area contributed by atoms with Crippen molar-refractivity contribution in [2.75, 3.05) is 0 Å². The minimum absolute atomic E-state index is 0.0131. The summed E-state index contributed by atoms with van der Waals surface area (Å²) in [5.74, 6) is 0.0430. The van der Waals surface area contributed by atoms with E-state index in [1.54, 1.807) is 0 Å². The molecule has 0 saturated carbocycles. The van der Waals surface area contributed by atoms with Crippen LogP contribution in [0.3, 0.4) is 0 Å². The predicted octanol–water partition coefficient (Wildman–Crippen LogP) is 0.621. The first-order valence-electron chi connectivity index (χ1n) is 2.72. The molecule has 0 spiro atoms. The van der Waals surface area contributed by atoms with Crippen LogP contribution in [0.15, 0.2) is 21.5 Å². The van der Waals surface area contributed by atoms with E-state index in [0.717, 1.165) is 12.3 Å². The normalized spacial score (nSPS) is 9.18. The van der Waals surface area contributed by atoms with Crippen LogP contribution in [0.1, 0.15) is 10.6 Å². The molecule has 5 heteroatoms. The van der Waals surface area contributed by atoms with Crippen LogP contribution in [0.2, 0.25) is 0 Å². The number of hydrogen-bond acceptors (Lipinski definition) is 4. The summed E-state index contributed by atoms with van der Waals surface area (Å²) in [6.07, 6.45) is 1.53. The molecule has 0 bridgehead atoms. The molecule has 1 rings (SSSR count). The maximum absolute atomic E-state index is 10.9. The Morgan fingerprint density at radius 1 is 1.64 bits per heavy atom. The van der Waals surface area contributed by atoms with E-state index in [4.69, 9.17) is 0 Å². The molecule has 1 heterocycles. The average molecular weight is 172 g/mol. The molecule has 58 valence electrons. The van der Waals surface area contributed by atoms with Crippen molar-refractivity contribution in [1.29, 1.82) is 0 Å². The van der Waals surface area contributed by atoms with E-state index in [1.165, 1.54) is 0 Å². The maximum atomic E-state index is 10.9. The summed E-state index contributed by atoms with van der Waals surface area (Å²) in [5, 5.41) is 0.